The minimum Gasteiger partial charge on any atom is -0.418 e. The number of benzene rings is 1. The molecule has 1 fully saturated rings. The maximum absolute atomic E-state index is 15.1. The van der Waals surface area contributed by atoms with Gasteiger partial charge in [0, 0.05) is 43.9 Å². The molecule has 2 aliphatic rings. The van der Waals surface area contributed by atoms with Crippen molar-refractivity contribution >= 4 is 23.5 Å². The van der Waals surface area contributed by atoms with Gasteiger partial charge in [-0.15, -0.1) is 0 Å². The lowest BCUT2D eigenvalue weighted by Crippen LogP contribution is -2.44. The average molecular weight is 454 g/mol. The summed E-state index contributed by atoms with van der Waals surface area (Å²) in [6.07, 6.45) is 2.22. The number of hydrogen-bond acceptors (Lipinski definition) is 8. The summed E-state index contributed by atoms with van der Waals surface area (Å²) < 4.78 is 40.6. The number of hydrogen-bond donors (Lipinski definition) is 1. The number of ether oxygens (including phenoxy) is 1. The Balaban J connectivity index is 1.50. The van der Waals surface area contributed by atoms with Crippen molar-refractivity contribution in [2.75, 3.05) is 43.4 Å². The smallest absolute Gasteiger partial charge is 0.326 e. The van der Waals surface area contributed by atoms with Gasteiger partial charge in [0.15, 0.2) is 17.5 Å². The maximum atomic E-state index is 15.1. The summed E-state index contributed by atoms with van der Waals surface area (Å²) in [6.45, 7) is 6.89. The van der Waals surface area contributed by atoms with Crippen molar-refractivity contribution in [1.82, 2.24) is 20.0 Å². The lowest BCUT2D eigenvalue weighted by molar-refractivity contribution is 0.311. The van der Waals surface area contributed by atoms with Crippen molar-refractivity contribution in [3.05, 3.63) is 52.3 Å². The Hall–Kier alpha value is -3.53. The Kier molecular flexibility index (Phi) is 5.45. The van der Waals surface area contributed by atoms with Gasteiger partial charge in [-0.25, -0.2) is 8.78 Å². The molecule has 0 spiro atoms. The molecule has 5 rings (SSSR count). The summed E-state index contributed by atoms with van der Waals surface area (Å²) in [5.41, 5.74) is 1.91. The van der Waals surface area contributed by atoms with E-state index in [4.69, 9.17) is 9.26 Å². The number of aryl methyl sites for hydroxylation is 1. The summed E-state index contributed by atoms with van der Waals surface area (Å²) in [5.74, 6) is -0.00135. The van der Waals surface area contributed by atoms with E-state index in [9.17, 15) is 4.39 Å². The number of likely N-dealkylation sites (N-methyl/N-ethyl adjacent to an activating group) is 1. The van der Waals surface area contributed by atoms with E-state index >= 15 is 4.39 Å². The first-order valence-corrected chi connectivity index (χ1v) is 10.7. The molecule has 33 heavy (non-hydrogen) atoms. The van der Waals surface area contributed by atoms with Gasteiger partial charge in [0.05, 0.1) is 0 Å². The van der Waals surface area contributed by atoms with E-state index in [1.54, 1.807) is 25.1 Å². The third kappa shape index (κ3) is 4.38. The zero-order valence-electron chi connectivity index (χ0n) is 18.7. The fourth-order valence-electron chi connectivity index (χ4n) is 4.03. The predicted molar refractivity (Wildman–Crippen MR) is 120 cm³/mol. The SMILES string of the molecule is CC1=Cc2c(cc(F)c(Oc3nc(Nc4cc(C)on4)cc(N4CCN(C)CC4)n3)c2F)C1. The van der Waals surface area contributed by atoms with Crippen molar-refractivity contribution in [3.63, 3.8) is 0 Å². The molecular formula is C23H24F2N6O2. The van der Waals surface area contributed by atoms with E-state index in [2.05, 4.69) is 37.3 Å². The summed E-state index contributed by atoms with van der Waals surface area (Å²) in [4.78, 5) is 13.1. The third-order valence-corrected chi connectivity index (χ3v) is 5.76. The van der Waals surface area contributed by atoms with Crippen molar-refractivity contribution in [2.45, 2.75) is 20.3 Å². The van der Waals surface area contributed by atoms with Crippen LogP contribution in [0, 0.1) is 18.6 Å². The first-order chi connectivity index (χ1) is 15.9. The van der Waals surface area contributed by atoms with E-state index in [0.717, 1.165) is 31.8 Å². The van der Waals surface area contributed by atoms with Crippen LogP contribution in [0.1, 0.15) is 23.8 Å². The Morgan fingerprint density at radius 2 is 1.82 bits per heavy atom. The van der Waals surface area contributed by atoms with Crippen LogP contribution in [0.4, 0.5) is 26.2 Å². The second-order valence-corrected chi connectivity index (χ2v) is 8.48. The number of nitrogens with one attached hydrogen (secondary N) is 1. The zero-order chi connectivity index (χ0) is 23.1. The number of fused-ring (bicyclic) bond motifs is 1. The highest BCUT2D eigenvalue weighted by molar-refractivity contribution is 5.66. The standard InChI is InChI=1S/C23H24F2N6O2/c1-13-8-15-11-17(24)22(21(25)16(15)9-13)32-23-27-18(26-19-10-14(2)33-29-19)12-20(28-23)31-6-4-30(3)5-7-31/h9-12H,4-8H2,1-3H3,(H,26,27,28,29). The van der Waals surface area contributed by atoms with Gasteiger partial charge >= 0.3 is 6.01 Å². The molecule has 1 saturated heterocycles. The van der Waals surface area contributed by atoms with E-state index in [1.807, 2.05) is 6.92 Å². The van der Waals surface area contributed by atoms with Gasteiger partial charge in [-0.3, -0.25) is 0 Å². The molecule has 3 aromatic rings. The number of allylic oxidation sites excluding steroid dienone is 1. The Morgan fingerprint density at radius 3 is 2.55 bits per heavy atom. The zero-order valence-corrected chi connectivity index (χ0v) is 18.7. The molecule has 1 aliphatic heterocycles. The molecule has 0 amide bonds. The molecule has 2 aromatic heterocycles. The maximum Gasteiger partial charge on any atom is 0.326 e. The molecule has 1 aromatic carbocycles. The molecule has 0 saturated carbocycles. The van der Waals surface area contributed by atoms with E-state index < -0.39 is 17.4 Å². The highest BCUT2D eigenvalue weighted by atomic mass is 19.1. The van der Waals surface area contributed by atoms with Crippen LogP contribution in [0.25, 0.3) is 6.08 Å². The first kappa shape index (κ1) is 21.3. The predicted octanol–water partition coefficient (Wildman–Crippen LogP) is 4.30. The minimum atomic E-state index is -0.787. The summed E-state index contributed by atoms with van der Waals surface area (Å²) in [7, 11) is 2.06. The highest BCUT2D eigenvalue weighted by Crippen LogP contribution is 2.36. The largest absolute Gasteiger partial charge is 0.418 e. The lowest BCUT2D eigenvalue weighted by atomic mass is 10.1. The van der Waals surface area contributed by atoms with Crippen molar-refractivity contribution < 1.29 is 18.0 Å². The molecule has 1 aliphatic carbocycles. The van der Waals surface area contributed by atoms with Crippen molar-refractivity contribution in [2.24, 2.45) is 0 Å². The number of anilines is 3. The van der Waals surface area contributed by atoms with Crippen LogP contribution in [0.15, 0.2) is 28.3 Å². The van der Waals surface area contributed by atoms with Crippen LogP contribution in [0.5, 0.6) is 11.8 Å². The van der Waals surface area contributed by atoms with Crippen LogP contribution in [-0.2, 0) is 6.42 Å². The number of rotatable bonds is 5. The number of aromatic nitrogens is 3. The van der Waals surface area contributed by atoms with Crippen molar-refractivity contribution in [1.29, 1.82) is 0 Å². The van der Waals surface area contributed by atoms with E-state index in [0.29, 0.717) is 40.8 Å². The molecular weight excluding hydrogens is 430 g/mol. The van der Waals surface area contributed by atoms with Gasteiger partial charge in [0.2, 0.25) is 5.75 Å². The topological polar surface area (TPSA) is 79.5 Å². The highest BCUT2D eigenvalue weighted by Gasteiger charge is 2.24. The quantitative estimate of drug-likeness (QED) is 0.612. The molecule has 0 bridgehead atoms. The summed E-state index contributed by atoms with van der Waals surface area (Å²) in [5, 5.41) is 6.96. The summed E-state index contributed by atoms with van der Waals surface area (Å²) >= 11 is 0. The minimum absolute atomic E-state index is 0.161. The Labute approximate surface area is 189 Å². The molecule has 0 radical (unpaired) electrons. The molecule has 0 atom stereocenters. The molecule has 172 valence electrons. The number of halogens is 2. The molecule has 1 N–H and O–H groups in total. The van der Waals surface area contributed by atoms with Crippen LogP contribution in [0.2, 0.25) is 0 Å². The van der Waals surface area contributed by atoms with E-state index in [1.165, 1.54) is 6.07 Å². The molecule has 3 heterocycles. The molecule has 10 heteroatoms. The molecule has 8 nitrogen and oxygen atoms in total. The fourth-order valence-corrected chi connectivity index (χ4v) is 4.03. The van der Waals surface area contributed by atoms with Gasteiger partial charge in [-0.2, -0.15) is 9.97 Å². The fraction of sp³-hybridized carbons (Fsp3) is 0.348. The van der Waals surface area contributed by atoms with Gasteiger partial charge in [-0.1, -0.05) is 16.8 Å². The second kappa shape index (κ2) is 8.43. The first-order valence-electron chi connectivity index (χ1n) is 10.7. The second-order valence-electron chi connectivity index (χ2n) is 8.48. The monoisotopic (exact) mass is 454 g/mol. The number of piperazine rings is 1. The van der Waals surface area contributed by atoms with Crippen molar-refractivity contribution in [3.8, 4) is 11.8 Å². The van der Waals surface area contributed by atoms with Gasteiger partial charge in [-0.05, 0) is 38.9 Å². The van der Waals surface area contributed by atoms with E-state index in [-0.39, 0.29) is 6.01 Å². The third-order valence-electron chi connectivity index (χ3n) is 5.76. The Bertz CT molecular complexity index is 1230. The van der Waals surface area contributed by atoms with Gasteiger partial charge in [0.1, 0.15) is 17.4 Å². The van der Waals surface area contributed by atoms with Crippen LogP contribution in [0.3, 0.4) is 0 Å². The van der Waals surface area contributed by atoms with Gasteiger partial charge < -0.3 is 24.4 Å². The summed E-state index contributed by atoms with van der Waals surface area (Å²) in [6, 6.07) is 4.62. The lowest BCUT2D eigenvalue weighted by Gasteiger charge is -2.33. The number of nitrogens with zero attached hydrogens (tertiary/aromatic N) is 5. The van der Waals surface area contributed by atoms with Crippen LogP contribution < -0.4 is 15.0 Å². The van der Waals surface area contributed by atoms with Gasteiger partial charge in [0.25, 0.3) is 0 Å². The van der Waals surface area contributed by atoms with Crippen LogP contribution in [-0.4, -0.2) is 53.3 Å². The Morgan fingerprint density at radius 1 is 1.03 bits per heavy atom. The normalized spacial score (nSPS) is 16.0. The molecule has 0 unspecified atom stereocenters. The average Bonchev–Trinajstić information content (AvgIpc) is 3.36. The van der Waals surface area contributed by atoms with Crippen LogP contribution >= 0.6 is 0 Å².